The van der Waals surface area contributed by atoms with E-state index in [0.29, 0.717) is 5.89 Å². The average Bonchev–Trinajstić information content (AvgIpc) is 3.17. The Hall–Kier alpha value is -1.68. The molecule has 0 amide bonds. The summed E-state index contributed by atoms with van der Waals surface area (Å²) >= 11 is 0. The van der Waals surface area contributed by atoms with Crippen molar-refractivity contribution in [2.24, 2.45) is 5.73 Å². The molecule has 0 bridgehead atoms. The zero-order valence-corrected chi connectivity index (χ0v) is 12.0. The van der Waals surface area contributed by atoms with Gasteiger partial charge in [0, 0.05) is 6.04 Å². The van der Waals surface area contributed by atoms with Gasteiger partial charge < -0.3 is 10.3 Å². The lowest BCUT2D eigenvalue weighted by molar-refractivity contribution is 0.335. The topological polar surface area (TPSA) is 64.9 Å². The Kier molecular flexibility index (Phi) is 3.34. The molecule has 0 spiro atoms. The van der Waals surface area contributed by atoms with Gasteiger partial charge in [0.25, 0.3) is 0 Å². The van der Waals surface area contributed by atoms with Crippen molar-refractivity contribution in [1.29, 1.82) is 0 Å². The van der Waals surface area contributed by atoms with Crippen LogP contribution in [-0.4, -0.2) is 16.2 Å². The van der Waals surface area contributed by atoms with Crippen molar-refractivity contribution in [3.63, 3.8) is 0 Å². The van der Waals surface area contributed by atoms with Gasteiger partial charge in [-0.25, -0.2) is 0 Å². The Morgan fingerprint density at radius 3 is 2.60 bits per heavy atom. The minimum absolute atomic E-state index is 0.0287. The molecule has 2 atom stereocenters. The van der Waals surface area contributed by atoms with Crippen LogP contribution in [0.4, 0.5) is 0 Å². The smallest absolute Gasteiger partial charge is 0.231 e. The summed E-state index contributed by atoms with van der Waals surface area (Å²) in [4.78, 5) is 4.63. The highest BCUT2D eigenvalue weighted by Crippen LogP contribution is 2.52. The van der Waals surface area contributed by atoms with E-state index in [4.69, 9.17) is 10.3 Å². The van der Waals surface area contributed by atoms with Crippen molar-refractivity contribution < 1.29 is 4.52 Å². The quantitative estimate of drug-likeness (QED) is 0.908. The number of hydrogen-bond acceptors (Lipinski definition) is 4. The van der Waals surface area contributed by atoms with Crippen molar-refractivity contribution in [3.8, 4) is 0 Å². The second-order valence-electron chi connectivity index (χ2n) is 5.77. The van der Waals surface area contributed by atoms with Crippen LogP contribution in [-0.2, 0) is 5.41 Å². The van der Waals surface area contributed by atoms with E-state index in [9.17, 15) is 0 Å². The molecular weight excluding hydrogens is 250 g/mol. The van der Waals surface area contributed by atoms with Crippen molar-refractivity contribution in [3.05, 3.63) is 47.6 Å². The molecular formula is C16H21N3O. The minimum atomic E-state index is -0.0287. The van der Waals surface area contributed by atoms with Gasteiger partial charge in [0.1, 0.15) is 0 Å². The molecule has 106 valence electrons. The fraction of sp³-hybridized carbons (Fsp3) is 0.500. The third kappa shape index (κ3) is 2.14. The summed E-state index contributed by atoms with van der Waals surface area (Å²) in [5.41, 5.74) is 7.31. The molecule has 20 heavy (non-hydrogen) atoms. The van der Waals surface area contributed by atoms with Gasteiger partial charge >= 0.3 is 0 Å². The molecule has 1 aliphatic rings. The molecule has 0 aliphatic heterocycles. The summed E-state index contributed by atoms with van der Waals surface area (Å²) < 4.78 is 5.46. The summed E-state index contributed by atoms with van der Waals surface area (Å²) in [5.74, 6) is 1.58. The van der Waals surface area contributed by atoms with E-state index in [2.05, 4.69) is 41.3 Å². The maximum atomic E-state index is 6.07. The number of rotatable bonds is 5. The zero-order chi connectivity index (χ0) is 14.2. The lowest BCUT2D eigenvalue weighted by Crippen LogP contribution is -2.25. The number of benzene rings is 1. The van der Waals surface area contributed by atoms with Gasteiger partial charge in [-0.2, -0.15) is 4.98 Å². The zero-order valence-electron chi connectivity index (χ0n) is 12.0. The lowest BCUT2D eigenvalue weighted by Gasteiger charge is -2.13. The molecule has 1 aromatic carbocycles. The van der Waals surface area contributed by atoms with E-state index < -0.39 is 0 Å². The molecule has 1 aromatic heterocycles. The molecule has 1 aliphatic carbocycles. The third-order valence-corrected chi connectivity index (χ3v) is 4.45. The highest BCUT2D eigenvalue weighted by molar-refractivity contribution is 5.38. The van der Waals surface area contributed by atoms with Gasteiger partial charge in [-0.3, -0.25) is 0 Å². The highest BCUT2D eigenvalue weighted by Gasteiger charge is 2.50. The van der Waals surface area contributed by atoms with Crippen LogP contribution in [0.5, 0.6) is 0 Å². The van der Waals surface area contributed by atoms with Crippen LogP contribution in [0.25, 0.3) is 0 Å². The van der Waals surface area contributed by atoms with Crippen LogP contribution in [0.3, 0.4) is 0 Å². The predicted octanol–water partition coefficient (Wildman–Crippen LogP) is 2.99. The summed E-state index contributed by atoms with van der Waals surface area (Å²) in [6, 6.07) is 10.5. The van der Waals surface area contributed by atoms with Gasteiger partial charge in [0.2, 0.25) is 5.89 Å². The van der Waals surface area contributed by atoms with E-state index >= 15 is 0 Å². The molecule has 1 fully saturated rings. The second kappa shape index (κ2) is 5.02. The Balaban J connectivity index is 1.88. The molecule has 2 N–H and O–H groups in total. The molecule has 4 nitrogen and oxygen atoms in total. The largest absolute Gasteiger partial charge is 0.339 e. The van der Waals surface area contributed by atoms with E-state index in [0.717, 1.165) is 25.1 Å². The summed E-state index contributed by atoms with van der Waals surface area (Å²) in [6.45, 7) is 4.12. The predicted molar refractivity (Wildman–Crippen MR) is 77.4 cm³/mol. The molecule has 1 saturated carbocycles. The normalized spacial score (nSPS) is 19.6. The molecule has 3 rings (SSSR count). The first-order valence-electron chi connectivity index (χ1n) is 7.32. The number of aromatic nitrogens is 2. The Morgan fingerprint density at radius 2 is 2.00 bits per heavy atom. The van der Waals surface area contributed by atoms with Gasteiger partial charge in [0.05, 0.1) is 11.3 Å². The second-order valence-corrected chi connectivity index (χ2v) is 5.77. The summed E-state index contributed by atoms with van der Waals surface area (Å²) in [6.07, 6.45) is 3.08. The van der Waals surface area contributed by atoms with E-state index in [1.54, 1.807) is 0 Å². The molecule has 0 radical (unpaired) electrons. The SMILES string of the molecule is CCC(N)C(C)c1nc(C2(c3ccccc3)CC2)no1. The third-order valence-electron chi connectivity index (χ3n) is 4.45. The van der Waals surface area contributed by atoms with E-state index in [1.165, 1.54) is 5.56 Å². The van der Waals surface area contributed by atoms with Crippen molar-refractivity contribution >= 4 is 0 Å². The summed E-state index contributed by atoms with van der Waals surface area (Å²) in [5, 5.41) is 4.22. The molecule has 2 unspecified atom stereocenters. The van der Waals surface area contributed by atoms with Crippen molar-refractivity contribution in [1.82, 2.24) is 10.1 Å². The molecule has 4 heteroatoms. The first-order valence-corrected chi connectivity index (χ1v) is 7.32. The maximum Gasteiger partial charge on any atom is 0.231 e. The number of hydrogen-bond donors (Lipinski definition) is 1. The van der Waals surface area contributed by atoms with Gasteiger partial charge in [-0.15, -0.1) is 0 Å². The maximum absolute atomic E-state index is 6.07. The van der Waals surface area contributed by atoms with Crippen molar-refractivity contribution in [2.75, 3.05) is 0 Å². The highest BCUT2D eigenvalue weighted by atomic mass is 16.5. The molecule has 0 saturated heterocycles. The van der Waals surface area contributed by atoms with Crippen LogP contribution in [0.1, 0.15) is 56.3 Å². The Bertz CT molecular complexity index is 574. The van der Waals surface area contributed by atoms with Crippen LogP contribution in [0.15, 0.2) is 34.9 Å². The first-order chi connectivity index (χ1) is 9.67. The van der Waals surface area contributed by atoms with Crippen molar-refractivity contribution in [2.45, 2.75) is 50.5 Å². The average molecular weight is 271 g/mol. The van der Waals surface area contributed by atoms with E-state index in [-0.39, 0.29) is 17.4 Å². The van der Waals surface area contributed by atoms with Crippen LogP contribution < -0.4 is 5.73 Å². The van der Waals surface area contributed by atoms with E-state index in [1.807, 2.05) is 13.0 Å². The minimum Gasteiger partial charge on any atom is -0.339 e. The monoisotopic (exact) mass is 271 g/mol. The fourth-order valence-electron chi connectivity index (χ4n) is 2.67. The molecule has 1 heterocycles. The lowest BCUT2D eigenvalue weighted by atomic mass is 9.95. The van der Waals surface area contributed by atoms with Crippen LogP contribution in [0, 0.1) is 0 Å². The van der Waals surface area contributed by atoms with Gasteiger partial charge in [-0.1, -0.05) is 49.3 Å². The first kappa shape index (κ1) is 13.3. The van der Waals surface area contributed by atoms with Gasteiger partial charge in [-0.05, 0) is 24.8 Å². The molecule has 2 aromatic rings. The number of nitrogens with two attached hydrogens (primary N) is 1. The van der Waals surface area contributed by atoms with Gasteiger partial charge in [0.15, 0.2) is 5.82 Å². The standard InChI is InChI=1S/C16H21N3O/c1-3-13(17)11(2)14-18-15(19-20-14)16(9-10-16)12-7-5-4-6-8-12/h4-8,11,13H,3,9-10,17H2,1-2H3. The van der Waals surface area contributed by atoms with Crippen LogP contribution in [0.2, 0.25) is 0 Å². The summed E-state index contributed by atoms with van der Waals surface area (Å²) in [7, 11) is 0. The number of nitrogens with zero attached hydrogens (tertiary/aromatic N) is 2. The Morgan fingerprint density at radius 1 is 1.30 bits per heavy atom. The fourth-order valence-corrected chi connectivity index (χ4v) is 2.67. The van der Waals surface area contributed by atoms with Crippen LogP contribution >= 0.6 is 0 Å². The Labute approximate surface area is 119 Å².